The van der Waals surface area contributed by atoms with Crippen LogP contribution in [0.1, 0.15) is 13.8 Å². The zero-order valence-corrected chi connectivity index (χ0v) is 13.6. The molecule has 7 heteroatoms. The minimum atomic E-state index is -3.90. The Morgan fingerprint density at radius 3 is 2.52 bits per heavy atom. The molecule has 2 aromatic rings. The topological polar surface area (TPSA) is 42.3 Å². The van der Waals surface area contributed by atoms with Crippen molar-refractivity contribution in [3.8, 4) is 0 Å². The van der Waals surface area contributed by atoms with Crippen LogP contribution in [0.4, 0.5) is 4.39 Å². The van der Waals surface area contributed by atoms with E-state index >= 15 is 0 Å². The summed E-state index contributed by atoms with van der Waals surface area (Å²) < 4.78 is 38.5. The van der Waals surface area contributed by atoms with Crippen molar-refractivity contribution >= 4 is 30.6 Å². The Bertz CT molecular complexity index is 739. The lowest BCUT2D eigenvalue weighted by atomic mass is 10.2. The molecule has 4 nitrogen and oxygen atoms in total. The molecule has 116 valence electrons. The first-order valence-electron chi connectivity index (χ1n) is 6.82. The van der Waals surface area contributed by atoms with Gasteiger partial charge in [-0.3, -0.25) is 0 Å². The second-order valence-corrected chi connectivity index (χ2v) is 7.35. The third kappa shape index (κ3) is 3.56. The predicted octanol–water partition coefficient (Wildman–Crippen LogP) is 3.05. The molecule has 0 aliphatic heterocycles. The van der Waals surface area contributed by atoms with Gasteiger partial charge in [-0.25, -0.2) is 12.8 Å². The highest BCUT2D eigenvalue weighted by molar-refractivity contribution is 8.14. The number of hydrogen-bond acceptors (Lipinski definition) is 3. The maximum absolute atomic E-state index is 13.4. The van der Waals surface area contributed by atoms with Crippen LogP contribution >= 0.6 is 10.7 Å². The average molecular weight is 333 g/mol. The van der Waals surface area contributed by atoms with E-state index in [-0.39, 0.29) is 4.90 Å². The minimum absolute atomic E-state index is 0.0433. The molecule has 0 saturated heterocycles. The molecular formula is C14H18ClFN2O2S. The van der Waals surface area contributed by atoms with Crippen LogP contribution in [0, 0.1) is 5.82 Å². The molecular weight excluding hydrogens is 315 g/mol. The number of aromatic nitrogens is 1. The molecule has 0 N–H and O–H groups in total. The fourth-order valence-electron chi connectivity index (χ4n) is 2.40. The molecule has 0 atom stereocenters. The van der Waals surface area contributed by atoms with Gasteiger partial charge in [-0.2, -0.15) is 0 Å². The summed E-state index contributed by atoms with van der Waals surface area (Å²) in [6, 6.07) is 4.11. The van der Waals surface area contributed by atoms with E-state index in [1.54, 1.807) is 6.07 Å². The Morgan fingerprint density at radius 2 is 1.95 bits per heavy atom. The zero-order chi connectivity index (χ0) is 15.6. The van der Waals surface area contributed by atoms with Crippen molar-refractivity contribution in [3.63, 3.8) is 0 Å². The van der Waals surface area contributed by atoms with Crippen LogP contribution in [0.2, 0.25) is 0 Å². The van der Waals surface area contributed by atoms with Gasteiger partial charge in [0.2, 0.25) is 0 Å². The summed E-state index contributed by atoms with van der Waals surface area (Å²) in [6.07, 6.45) is 1.48. The van der Waals surface area contributed by atoms with E-state index in [0.717, 1.165) is 19.6 Å². The summed E-state index contributed by atoms with van der Waals surface area (Å²) >= 11 is 0. The van der Waals surface area contributed by atoms with Crippen molar-refractivity contribution < 1.29 is 12.8 Å². The molecule has 0 amide bonds. The van der Waals surface area contributed by atoms with Crippen LogP contribution in [0.25, 0.3) is 10.9 Å². The Kier molecular flexibility index (Phi) is 4.91. The predicted molar refractivity (Wildman–Crippen MR) is 82.7 cm³/mol. The second-order valence-electron chi connectivity index (χ2n) is 4.81. The highest BCUT2D eigenvalue weighted by Crippen LogP contribution is 2.28. The summed E-state index contributed by atoms with van der Waals surface area (Å²) in [7, 11) is 1.54. The van der Waals surface area contributed by atoms with E-state index in [1.165, 1.54) is 18.3 Å². The van der Waals surface area contributed by atoms with Gasteiger partial charge in [0.05, 0.1) is 0 Å². The minimum Gasteiger partial charge on any atom is -0.345 e. The Morgan fingerprint density at radius 1 is 1.29 bits per heavy atom. The van der Waals surface area contributed by atoms with Crippen molar-refractivity contribution in [1.29, 1.82) is 0 Å². The van der Waals surface area contributed by atoms with Crippen molar-refractivity contribution in [2.24, 2.45) is 0 Å². The molecule has 2 rings (SSSR count). The fraction of sp³-hybridized carbons (Fsp3) is 0.429. The highest BCUT2D eigenvalue weighted by Gasteiger charge is 2.19. The number of hydrogen-bond donors (Lipinski definition) is 0. The van der Waals surface area contributed by atoms with E-state index in [0.29, 0.717) is 17.4 Å². The lowest BCUT2D eigenvalue weighted by molar-refractivity contribution is 0.292. The number of likely N-dealkylation sites (N-methyl/N-ethyl adjacent to an activating group) is 1. The van der Waals surface area contributed by atoms with Crippen LogP contribution < -0.4 is 0 Å². The number of fused-ring (bicyclic) bond motifs is 1. The van der Waals surface area contributed by atoms with Crippen molar-refractivity contribution in [2.75, 3.05) is 19.6 Å². The molecule has 0 saturated carbocycles. The Labute approximate surface area is 128 Å². The van der Waals surface area contributed by atoms with Crippen molar-refractivity contribution in [2.45, 2.75) is 25.3 Å². The number of rotatable bonds is 6. The van der Waals surface area contributed by atoms with E-state index in [9.17, 15) is 12.8 Å². The number of halogens is 2. The molecule has 1 aromatic heterocycles. The third-order valence-corrected chi connectivity index (χ3v) is 4.97. The lowest BCUT2D eigenvalue weighted by Gasteiger charge is -2.18. The van der Waals surface area contributed by atoms with Crippen LogP contribution in [0.5, 0.6) is 0 Å². The van der Waals surface area contributed by atoms with Gasteiger partial charge in [-0.05, 0) is 31.3 Å². The van der Waals surface area contributed by atoms with Crippen LogP contribution in [0.3, 0.4) is 0 Å². The molecule has 1 heterocycles. The molecule has 0 radical (unpaired) electrons. The van der Waals surface area contributed by atoms with Crippen molar-refractivity contribution in [1.82, 2.24) is 9.47 Å². The first kappa shape index (κ1) is 16.3. The number of benzene rings is 1. The molecule has 0 aliphatic rings. The summed E-state index contributed by atoms with van der Waals surface area (Å²) in [5, 5.41) is 0.324. The van der Waals surface area contributed by atoms with Gasteiger partial charge in [0.25, 0.3) is 9.05 Å². The lowest BCUT2D eigenvalue weighted by Crippen LogP contribution is -2.26. The zero-order valence-electron chi connectivity index (χ0n) is 12.0. The van der Waals surface area contributed by atoms with Crippen LogP contribution in [0.15, 0.2) is 29.3 Å². The summed E-state index contributed by atoms with van der Waals surface area (Å²) in [6.45, 7) is 7.39. The third-order valence-electron chi connectivity index (χ3n) is 3.62. The molecule has 21 heavy (non-hydrogen) atoms. The monoisotopic (exact) mass is 332 g/mol. The summed E-state index contributed by atoms with van der Waals surface area (Å²) in [5.41, 5.74) is 0.669. The van der Waals surface area contributed by atoms with E-state index in [1.807, 2.05) is 4.57 Å². The SMILES string of the molecule is CCN(CC)CCn1cc(S(=O)(=O)Cl)c2cc(F)ccc21. The van der Waals surface area contributed by atoms with E-state index < -0.39 is 14.9 Å². The molecule has 0 spiro atoms. The molecule has 0 unspecified atom stereocenters. The van der Waals surface area contributed by atoms with E-state index in [4.69, 9.17) is 10.7 Å². The van der Waals surface area contributed by atoms with Gasteiger partial charge in [0.1, 0.15) is 10.7 Å². The van der Waals surface area contributed by atoms with Gasteiger partial charge in [-0.1, -0.05) is 13.8 Å². The first-order valence-corrected chi connectivity index (χ1v) is 9.13. The van der Waals surface area contributed by atoms with Gasteiger partial charge in [-0.15, -0.1) is 0 Å². The Balaban J connectivity index is 2.45. The number of nitrogens with zero attached hydrogens (tertiary/aromatic N) is 2. The normalized spacial score (nSPS) is 12.4. The molecule has 0 bridgehead atoms. The smallest absolute Gasteiger partial charge is 0.263 e. The van der Waals surface area contributed by atoms with Crippen molar-refractivity contribution in [3.05, 3.63) is 30.2 Å². The Hall–Kier alpha value is -1.11. The molecule has 1 aromatic carbocycles. The fourth-order valence-corrected chi connectivity index (χ4v) is 3.45. The standard InChI is InChI=1S/C14H18ClFN2O2S/c1-3-17(4-2)7-8-18-10-14(21(15,19)20)12-9-11(16)5-6-13(12)18/h5-6,9-10H,3-4,7-8H2,1-2H3. The van der Waals surface area contributed by atoms with Gasteiger partial charge in [0.15, 0.2) is 0 Å². The second kappa shape index (κ2) is 6.34. The van der Waals surface area contributed by atoms with Gasteiger partial charge >= 0.3 is 0 Å². The first-order chi connectivity index (χ1) is 9.86. The van der Waals surface area contributed by atoms with Gasteiger partial charge < -0.3 is 9.47 Å². The molecule has 0 fully saturated rings. The highest BCUT2D eigenvalue weighted by atomic mass is 35.7. The quantitative estimate of drug-likeness (QED) is 0.764. The summed E-state index contributed by atoms with van der Waals surface area (Å²) in [4.78, 5) is 2.18. The van der Waals surface area contributed by atoms with Crippen LogP contribution in [-0.4, -0.2) is 37.5 Å². The van der Waals surface area contributed by atoms with Gasteiger partial charge in [0, 0.05) is 40.9 Å². The van der Waals surface area contributed by atoms with E-state index in [2.05, 4.69) is 18.7 Å². The average Bonchev–Trinajstić information content (AvgIpc) is 2.78. The summed E-state index contributed by atoms with van der Waals surface area (Å²) in [5.74, 6) is -0.481. The van der Waals surface area contributed by atoms with Crippen LogP contribution in [-0.2, 0) is 15.6 Å². The maximum Gasteiger partial charge on any atom is 0.263 e. The largest absolute Gasteiger partial charge is 0.345 e. The molecule has 0 aliphatic carbocycles. The maximum atomic E-state index is 13.4.